The van der Waals surface area contributed by atoms with Crippen molar-refractivity contribution in [2.75, 3.05) is 6.54 Å². The number of halogens is 1. The standard InChI is InChI=1S/C14H20ClN/c1-4-11(3)10-14(16-5-2)12-8-6-7-9-13(12)15/h6-9,14,16H,3-5,10H2,1-2H3. The molecule has 0 radical (unpaired) electrons. The van der Waals surface area contributed by atoms with Crippen LogP contribution in [0.15, 0.2) is 36.4 Å². The molecule has 0 saturated carbocycles. The summed E-state index contributed by atoms with van der Waals surface area (Å²) in [5.41, 5.74) is 2.42. The normalized spacial score (nSPS) is 12.4. The Morgan fingerprint density at radius 3 is 2.62 bits per heavy atom. The third-order valence-electron chi connectivity index (χ3n) is 2.72. The van der Waals surface area contributed by atoms with Crippen molar-refractivity contribution in [2.24, 2.45) is 0 Å². The van der Waals surface area contributed by atoms with Gasteiger partial charge in [-0.05, 0) is 31.0 Å². The van der Waals surface area contributed by atoms with Crippen LogP contribution in [0.4, 0.5) is 0 Å². The van der Waals surface area contributed by atoms with Crippen molar-refractivity contribution >= 4 is 11.6 Å². The SMILES string of the molecule is C=C(CC)CC(NCC)c1ccccc1Cl. The van der Waals surface area contributed by atoms with Crippen LogP contribution in [0.3, 0.4) is 0 Å². The molecule has 0 aromatic heterocycles. The van der Waals surface area contributed by atoms with Crippen LogP contribution < -0.4 is 5.32 Å². The van der Waals surface area contributed by atoms with E-state index >= 15 is 0 Å². The summed E-state index contributed by atoms with van der Waals surface area (Å²) in [7, 11) is 0. The second-order valence-corrected chi connectivity index (χ2v) is 4.35. The Labute approximate surface area is 104 Å². The van der Waals surface area contributed by atoms with E-state index < -0.39 is 0 Å². The zero-order chi connectivity index (χ0) is 12.0. The van der Waals surface area contributed by atoms with E-state index in [1.807, 2.05) is 18.2 Å². The van der Waals surface area contributed by atoms with Gasteiger partial charge in [0.05, 0.1) is 0 Å². The zero-order valence-corrected chi connectivity index (χ0v) is 10.8. The Bertz CT molecular complexity index is 346. The molecule has 0 aliphatic carbocycles. The van der Waals surface area contributed by atoms with Crippen molar-refractivity contribution in [3.05, 3.63) is 47.0 Å². The highest BCUT2D eigenvalue weighted by Gasteiger charge is 2.13. The molecule has 1 aromatic rings. The first-order valence-electron chi connectivity index (χ1n) is 5.83. The molecule has 1 aromatic carbocycles. The maximum absolute atomic E-state index is 6.21. The molecule has 0 heterocycles. The Morgan fingerprint density at radius 2 is 2.06 bits per heavy atom. The Morgan fingerprint density at radius 1 is 1.38 bits per heavy atom. The van der Waals surface area contributed by atoms with Crippen molar-refractivity contribution in [1.82, 2.24) is 5.32 Å². The summed E-state index contributed by atoms with van der Waals surface area (Å²) in [6.45, 7) is 9.25. The Balaban J connectivity index is 2.85. The monoisotopic (exact) mass is 237 g/mol. The quantitative estimate of drug-likeness (QED) is 0.726. The summed E-state index contributed by atoms with van der Waals surface area (Å²) < 4.78 is 0. The molecule has 0 saturated heterocycles. The van der Waals surface area contributed by atoms with Gasteiger partial charge in [0.25, 0.3) is 0 Å². The molecule has 1 rings (SSSR count). The van der Waals surface area contributed by atoms with Gasteiger partial charge < -0.3 is 5.32 Å². The number of benzene rings is 1. The largest absolute Gasteiger partial charge is 0.310 e. The molecule has 0 spiro atoms. The van der Waals surface area contributed by atoms with Crippen LogP contribution in [-0.2, 0) is 0 Å². The third-order valence-corrected chi connectivity index (χ3v) is 3.07. The van der Waals surface area contributed by atoms with E-state index in [9.17, 15) is 0 Å². The average Bonchev–Trinajstić information content (AvgIpc) is 2.29. The molecule has 0 fully saturated rings. The fraction of sp³-hybridized carbons (Fsp3) is 0.429. The molecule has 1 nitrogen and oxygen atoms in total. The maximum Gasteiger partial charge on any atom is 0.0453 e. The van der Waals surface area contributed by atoms with E-state index in [0.29, 0.717) is 0 Å². The third kappa shape index (κ3) is 3.66. The minimum absolute atomic E-state index is 0.283. The van der Waals surface area contributed by atoms with Gasteiger partial charge in [-0.2, -0.15) is 0 Å². The highest BCUT2D eigenvalue weighted by atomic mass is 35.5. The van der Waals surface area contributed by atoms with Gasteiger partial charge in [0.1, 0.15) is 0 Å². The van der Waals surface area contributed by atoms with Crippen LogP contribution in [0.2, 0.25) is 5.02 Å². The number of nitrogens with one attached hydrogen (secondary N) is 1. The first-order valence-corrected chi connectivity index (χ1v) is 6.21. The van der Waals surface area contributed by atoms with Gasteiger partial charge in [-0.15, -0.1) is 0 Å². The first-order chi connectivity index (χ1) is 7.69. The minimum atomic E-state index is 0.283. The van der Waals surface area contributed by atoms with Gasteiger partial charge in [-0.3, -0.25) is 0 Å². The molecule has 1 atom stereocenters. The lowest BCUT2D eigenvalue weighted by atomic mass is 9.98. The van der Waals surface area contributed by atoms with Crippen LogP contribution in [0.1, 0.15) is 38.3 Å². The summed E-state index contributed by atoms with van der Waals surface area (Å²) in [4.78, 5) is 0. The molecule has 0 amide bonds. The van der Waals surface area contributed by atoms with E-state index in [4.69, 9.17) is 11.6 Å². The van der Waals surface area contributed by atoms with Crippen LogP contribution in [0.5, 0.6) is 0 Å². The molecule has 1 unspecified atom stereocenters. The molecule has 0 aliphatic rings. The lowest BCUT2D eigenvalue weighted by Gasteiger charge is -2.20. The Hall–Kier alpha value is -0.790. The van der Waals surface area contributed by atoms with E-state index in [-0.39, 0.29) is 6.04 Å². The zero-order valence-electron chi connectivity index (χ0n) is 10.1. The summed E-state index contributed by atoms with van der Waals surface area (Å²) in [6.07, 6.45) is 1.97. The van der Waals surface area contributed by atoms with Gasteiger partial charge in [0, 0.05) is 11.1 Å². The lowest BCUT2D eigenvalue weighted by Crippen LogP contribution is -2.21. The highest BCUT2D eigenvalue weighted by Crippen LogP contribution is 2.27. The maximum atomic E-state index is 6.21. The number of hydrogen-bond donors (Lipinski definition) is 1. The van der Waals surface area contributed by atoms with Crippen molar-refractivity contribution in [1.29, 1.82) is 0 Å². The van der Waals surface area contributed by atoms with Gasteiger partial charge in [-0.1, -0.05) is 55.8 Å². The second-order valence-electron chi connectivity index (χ2n) is 3.94. The van der Waals surface area contributed by atoms with Crippen molar-refractivity contribution in [3.63, 3.8) is 0 Å². The van der Waals surface area contributed by atoms with Crippen molar-refractivity contribution in [2.45, 2.75) is 32.7 Å². The van der Waals surface area contributed by atoms with E-state index in [0.717, 1.165) is 24.4 Å². The predicted octanol–water partition coefficient (Wildman–Crippen LogP) is 4.35. The average molecular weight is 238 g/mol. The molecule has 88 valence electrons. The Kier molecular flexibility index (Phi) is 5.58. The summed E-state index contributed by atoms with van der Waals surface area (Å²) in [6, 6.07) is 8.30. The summed E-state index contributed by atoms with van der Waals surface area (Å²) in [5, 5.41) is 4.29. The van der Waals surface area contributed by atoms with Gasteiger partial charge >= 0.3 is 0 Å². The highest BCUT2D eigenvalue weighted by molar-refractivity contribution is 6.31. The molecule has 1 N–H and O–H groups in total. The fourth-order valence-corrected chi connectivity index (χ4v) is 2.00. The van der Waals surface area contributed by atoms with Gasteiger partial charge in [0.15, 0.2) is 0 Å². The van der Waals surface area contributed by atoms with Crippen molar-refractivity contribution in [3.8, 4) is 0 Å². The molecule has 0 bridgehead atoms. The van der Waals surface area contributed by atoms with Crippen LogP contribution in [-0.4, -0.2) is 6.54 Å². The van der Waals surface area contributed by atoms with Crippen LogP contribution in [0, 0.1) is 0 Å². The summed E-state index contributed by atoms with van der Waals surface area (Å²) in [5.74, 6) is 0. The van der Waals surface area contributed by atoms with Crippen LogP contribution in [0.25, 0.3) is 0 Å². The molecule has 16 heavy (non-hydrogen) atoms. The predicted molar refractivity (Wildman–Crippen MR) is 71.9 cm³/mol. The van der Waals surface area contributed by atoms with Gasteiger partial charge in [0.2, 0.25) is 0 Å². The minimum Gasteiger partial charge on any atom is -0.310 e. The fourth-order valence-electron chi connectivity index (χ4n) is 1.73. The molecule has 2 heteroatoms. The van der Waals surface area contributed by atoms with E-state index in [1.54, 1.807) is 0 Å². The number of hydrogen-bond acceptors (Lipinski definition) is 1. The number of rotatable bonds is 6. The lowest BCUT2D eigenvalue weighted by molar-refractivity contribution is 0.543. The molecular weight excluding hydrogens is 218 g/mol. The van der Waals surface area contributed by atoms with Crippen LogP contribution >= 0.6 is 11.6 Å². The molecular formula is C14H20ClN. The van der Waals surface area contributed by atoms with E-state index in [1.165, 1.54) is 11.1 Å². The van der Waals surface area contributed by atoms with E-state index in [2.05, 4.69) is 31.8 Å². The molecule has 0 aliphatic heterocycles. The second kappa shape index (κ2) is 6.72. The van der Waals surface area contributed by atoms with Gasteiger partial charge in [-0.25, -0.2) is 0 Å². The first kappa shape index (κ1) is 13.3. The van der Waals surface area contributed by atoms with Crippen molar-refractivity contribution < 1.29 is 0 Å². The summed E-state index contributed by atoms with van der Waals surface area (Å²) >= 11 is 6.21. The smallest absolute Gasteiger partial charge is 0.0453 e. The topological polar surface area (TPSA) is 12.0 Å².